The lowest BCUT2D eigenvalue weighted by Gasteiger charge is -2.35. The summed E-state index contributed by atoms with van der Waals surface area (Å²) in [6.45, 7) is 6.45. The molecule has 1 rings (SSSR count). The number of nitrogens with zero attached hydrogens (tertiary/aromatic N) is 1. The average Bonchev–Trinajstić information content (AvgIpc) is 2.29. The lowest BCUT2D eigenvalue weighted by molar-refractivity contribution is -0.00916. The molecule has 0 aromatic rings. The number of halogens is 1. The second-order valence-corrected chi connectivity index (χ2v) is 4.65. The molecule has 1 heterocycles. The zero-order valence-electron chi connectivity index (χ0n) is 9.88. The molecule has 0 amide bonds. The van der Waals surface area contributed by atoms with Crippen LogP contribution in [-0.2, 0) is 4.74 Å². The summed E-state index contributed by atoms with van der Waals surface area (Å²) in [6.07, 6.45) is 6.29. The van der Waals surface area contributed by atoms with Gasteiger partial charge in [-0.25, -0.2) is 0 Å². The van der Waals surface area contributed by atoms with Crippen LogP contribution in [0, 0.1) is 0 Å². The van der Waals surface area contributed by atoms with Gasteiger partial charge in [-0.1, -0.05) is 19.8 Å². The summed E-state index contributed by atoms with van der Waals surface area (Å²) in [5.41, 5.74) is 0. The molecule has 1 unspecified atom stereocenters. The van der Waals surface area contributed by atoms with E-state index in [9.17, 15) is 0 Å². The van der Waals surface area contributed by atoms with Crippen LogP contribution in [0.3, 0.4) is 0 Å². The van der Waals surface area contributed by atoms with E-state index in [1.165, 1.54) is 38.6 Å². The SMILES string of the molecule is CCC1COCCN1CCCCCCCl. The topological polar surface area (TPSA) is 12.5 Å². The monoisotopic (exact) mass is 233 g/mol. The lowest BCUT2D eigenvalue weighted by atomic mass is 10.1. The van der Waals surface area contributed by atoms with Crippen LogP contribution in [0.4, 0.5) is 0 Å². The standard InChI is InChI=1S/C12H24ClNO/c1-2-12-11-15-10-9-14(12)8-6-4-3-5-7-13/h12H,2-11H2,1H3. The summed E-state index contributed by atoms with van der Waals surface area (Å²) in [5, 5.41) is 0. The molecule has 0 N–H and O–H groups in total. The van der Waals surface area contributed by atoms with Gasteiger partial charge in [0, 0.05) is 18.5 Å². The van der Waals surface area contributed by atoms with Gasteiger partial charge in [-0.05, 0) is 25.8 Å². The third-order valence-corrected chi connectivity index (χ3v) is 3.42. The van der Waals surface area contributed by atoms with Crippen molar-refractivity contribution in [1.29, 1.82) is 0 Å². The van der Waals surface area contributed by atoms with Crippen molar-refractivity contribution in [3.8, 4) is 0 Å². The zero-order chi connectivity index (χ0) is 10.9. The maximum Gasteiger partial charge on any atom is 0.0622 e. The van der Waals surface area contributed by atoms with Crippen molar-refractivity contribution < 1.29 is 4.74 Å². The average molecular weight is 234 g/mol. The van der Waals surface area contributed by atoms with Gasteiger partial charge in [0.25, 0.3) is 0 Å². The van der Waals surface area contributed by atoms with Crippen molar-refractivity contribution in [3.63, 3.8) is 0 Å². The van der Waals surface area contributed by atoms with Gasteiger partial charge in [-0.15, -0.1) is 11.6 Å². The molecular formula is C12H24ClNO. The second kappa shape index (κ2) is 8.37. The molecule has 90 valence electrons. The normalized spacial score (nSPS) is 23.2. The van der Waals surface area contributed by atoms with Crippen LogP contribution in [-0.4, -0.2) is 43.1 Å². The lowest BCUT2D eigenvalue weighted by Crippen LogP contribution is -2.45. The highest BCUT2D eigenvalue weighted by Crippen LogP contribution is 2.12. The molecule has 3 heteroatoms. The van der Waals surface area contributed by atoms with E-state index in [4.69, 9.17) is 16.3 Å². The second-order valence-electron chi connectivity index (χ2n) is 4.28. The first-order valence-corrected chi connectivity index (χ1v) is 6.79. The van der Waals surface area contributed by atoms with Gasteiger partial charge in [0.2, 0.25) is 0 Å². The number of rotatable bonds is 7. The predicted octanol–water partition coefficient (Wildman–Crippen LogP) is 2.90. The van der Waals surface area contributed by atoms with Crippen LogP contribution in [0.1, 0.15) is 39.0 Å². The summed E-state index contributed by atoms with van der Waals surface area (Å²) in [4.78, 5) is 2.59. The van der Waals surface area contributed by atoms with Crippen LogP contribution in [0.2, 0.25) is 0 Å². The van der Waals surface area contributed by atoms with Crippen LogP contribution < -0.4 is 0 Å². The van der Waals surface area contributed by atoms with E-state index in [1.54, 1.807) is 0 Å². The van der Waals surface area contributed by atoms with Crippen LogP contribution in [0.15, 0.2) is 0 Å². The van der Waals surface area contributed by atoms with E-state index < -0.39 is 0 Å². The summed E-state index contributed by atoms with van der Waals surface area (Å²) in [6, 6.07) is 0.659. The van der Waals surface area contributed by atoms with Gasteiger partial charge >= 0.3 is 0 Å². The van der Waals surface area contributed by atoms with Crippen molar-refractivity contribution in [2.45, 2.75) is 45.1 Å². The van der Waals surface area contributed by atoms with E-state index in [0.29, 0.717) is 6.04 Å². The summed E-state index contributed by atoms with van der Waals surface area (Å²) in [5.74, 6) is 0.815. The van der Waals surface area contributed by atoms with Crippen LogP contribution in [0.5, 0.6) is 0 Å². The van der Waals surface area contributed by atoms with Gasteiger partial charge in [0.05, 0.1) is 13.2 Å². The Bertz CT molecular complexity index is 155. The van der Waals surface area contributed by atoms with E-state index in [2.05, 4.69) is 11.8 Å². The molecule has 0 bridgehead atoms. The summed E-state index contributed by atoms with van der Waals surface area (Å²) >= 11 is 5.65. The van der Waals surface area contributed by atoms with Crippen molar-refractivity contribution in [2.24, 2.45) is 0 Å². The molecule has 0 aromatic heterocycles. The molecule has 1 atom stereocenters. The first kappa shape index (κ1) is 13.3. The first-order valence-electron chi connectivity index (χ1n) is 6.26. The van der Waals surface area contributed by atoms with Gasteiger partial charge in [0.15, 0.2) is 0 Å². The molecule has 1 aliphatic heterocycles. The molecule has 0 aromatic carbocycles. The quantitative estimate of drug-likeness (QED) is 0.495. The van der Waals surface area contributed by atoms with Crippen LogP contribution in [0.25, 0.3) is 0 Å². The van der Waals surface area contributed by atoms with Gasteiger partial charge in [0.1, 0.15) is 0 Å². The smallest absolute Gasteiger partial charge is 0.0622 e. The molecule has 0 spiro atoms. The molecule has 1 fully saturated rings. The number of hydrogen-bond donors (Lipinski definition) is 0. The fourth-order valence-corrected chi connectivity index (χ4v) is 2.31. The van der Waals surface area contributed by atoms with E-state index in [-0.39, 0.29) is 0 Å². The Morgan fingerprint density at radius 1 is 1.27 bits per heavy atom. The predicted molar refractivity (Wildman–Crippen MR) is 65.7 cm³/mol. The van der Waals surface area contributed by atoms with Gasteiger partial charge < -0.3 is 4.74 Å². The molecule has 0 radical (unpaired) electrons. The Hall–Kier alpha value is 0.210. The minimum Gasteiger partial charge on any atom is -0.378 e. The third-order valence-electron chi connectivity index (χ3n) is 3.15. The van der Waals surface area contributed by atoms with Crippen molar-refractivity contribution >= 4 is 11.6 Å². The Morgan fingerprint density at radius 2 is 2.07 bits per heavy atom. The highest BCUT2D eigenvalue weighted by molar-refractivity contribution is 6.17. The Morgan fingerprint density at radius 3 is 2.80 bits per heavy atom. The Balaban J connectivity index is 2.07. The Labute approximate surface area is 98.9 Å². The molecule has 1 aliphatic rings. The highest BCUT2D eigenvalue weighted by Gasteiger charge is 2.20. The van der Waals surface area contributed by atoms with Gasteiger partial charge in [-0.2, -0.15) is 0 Å². The maximum atomic E-state index is 5.65. The van der Waals surface area contributed by atoms with Crippen molar-refractivity contribution in [3.05, 3.63) is 0 Å². The van der Waals surface area contributed by atoms with Gasteiger partial charge in [-0.3, -0.25) is 4.90 Å². The number of hydrogen-bond acceptors (Lipinski definition) is 2. The molecule has 15 heavy (non-hydrogen) atoms. The summed E-state index contributed by atoms with van der Waals surface area (Å²) in [7, 11) is 0. The van der Waals surface area contributed by atoms with Crippen molar-refractivity contribution in [1.82, 2.24) is 4.90 Å². The maximum absolute atomic E-state index is 5.65. The van der Waals surface area contributed by atoms with Crippen molar-refractivity contribution in [2.75, 3.05) is 32.2 Å². The fourth-order valence-electron chi connectivity index (χ4n) is 2.12. The highest BCUT2D eigenvalue weighted by atomic mass is 35.5. The minimum atomic E-state index is 0.659. The number of unbranched alkanes of at least 4 members (excludes halogenated alkanes) is 3. The molecule has 0 saturated carbocycles. The number of alkyl halides is 1. The summed E-state index contributed by atoms with van der Waals surface area (Å²) < 4.78 is 5.49. The zero-order valence-corrected chi connectivity index (χ0v) is 10.6. The van der Waals surface area contributed by atoms with E-state index in [1.807, 2.05) is 0 Å². The number of morpholine rings is 1. The Kier molecular flexibility index (Phi) is 7.41. The molecule has 1 saturated heterocycles. The van der Waals surface area contributed by atoms with E-state index >= 15 is 0 Å². The van der Waals surface area contributed by atoms with E-state index in [0.717, 1.165) is 25.6 Å². The molecule has 2 nitrogen and oxygen atoms in total. The number of ether oxygens (including phenoxy) is 1. The first-order chi connectivity index (χ1) is 7.38. The minimum absolute atomic E-state index is 0.659. The fraction of sp³-hybridized carbons (Fsp3) is 1.00. The largest absolute Gasteiger partial charge is 0.378 e. The molecular weight excluding hydrogens is 210 g/mol. The third kappa shape index (κ3) is 5.19. The van der Waals surface area contributed by atoms with Crippen LogP contribution >= 0.6 is 11.6 Å². The molecule has 0 aliphatic carbocycles.